The highest BCUT2D eigenvalue weighted by atomic mass is 15.3. The van der Waals surface area contributed by atoms with Crippen LogP contribution in [0.2, 0.25) is 0 Å². The highest BCUT2D eigenvalue weighted by molar-refractivity contribution is 4.97. The second-order valence-electron chi connectivity index (χ2n) is 6.96. The van der Waals surface area contributed by atoms with E-state index in [9.17, 15) is 0 Å². The number of nitrogens with zero attached hydrogens (tertiary/aromatic N) is 4. The number of likely N-dealkylation sites (N-methyl/N-ethyl adjacent to an activating group) is 1. The molecule has 0 saturated heterocycles. The van der Waals surface area contributed by atoms with Crippen molar-refractivity contribution in [3.63, 3.8) is 0 Å². The zero-order chi connectivity index (χ0) is 14.8. The van der Waals surface area contributed by atoms with Gasteiger partial charge < -0.3 is 9.88 Å². The molecule has 0 aromatic carbocycles. The fourth-order valence-corrected chi connectivity index (χ4v) is 4.06. The largest absolute Gasteiger partial charge is 0.315 e. The van der Waals surface area contributed by atoms with Crippen molar-refractivity contribution in [3.8, 4) is 0 Å². The first-order valence-electron chi connectivity index (χ1n) is 8.53. The first-order valence-corrected chi connectivity index (χ1v) is 8.53. The standard InChI is InChI=1S/C16H29N5/c1-4-17-14-6-5-13(12(2)3)9-15(14)20-7-8-21-11-18-19-16(21)10-20/h11-15,17H,4-10H2,1-3H3. The third kappa shape index (κ3) is 3.14. The molecule has 3 rings (SSSR count). The second kappa shape index (κ2) is 6.44. The van der Waals surface area contributed by atoms with Crippen LogP contribution in [0.15, 0.2) is 6.33 Å². The molecule has 1 aromatic heterocycles. The number of rotatable bonds is 4. The fraction of sp³-hybridized carbons (Fsp3) is 0.875. The Hall–Kier alpha value is -0.940. The maximum absolute atomic E-state index is 4.28. The van der Waals surface area contributed by atoms with E-state index in [4.69, 9.17) is 0 Å². The summed E-state index contributed by atoms with van der Waals surface area (Å²) in [5, 5.41) is 12.1. The molecule has 5 nitrogen and oxygen atoms in total. The van der Waals surface area contributed by atoms with Crippen LogP contribution in [0, 0.1) is 11.8 Å². The highest BCUT2D eigenvalue weighted by Gasteiger charge is 2.36. The number of nitrogens with one attached hydrogen (secondary N) is 1. The summed E-state index contributed by atoms with van der Waals surface area (Å²) in [5.41, 5.74) is 0. The summed E-state index contributed by atoms with van der Waals surface area (Å²) in [6, 6.07) is 1.29. The molecular weight excluding hydrogens is 262 g/mol. The molecule has 3 atom stereocenters. The number of hydrogen-bond acceptors (Lipinski definition) is 4. The smallest absolute Gasteiger partial charge is 0.147 e. The SMILES string of the molecule is CCNC1CCC(C(C)C)CC1N1CCn2cnnc2C1. The summed E-state index contributed by atoms with van der Waals surface area (Å²) < 4.78 is 2.20. The van der Waals surface area contributed by atoms with Crippen molar-refractivity contribution in [2.75, 3.05) is 13.1 Å². The number of fused-ring (bicyclic) bond motifs is 1. The van der Waals surface area contributed by atoms with E-state index in [0.29, 0.717) is 12.1 Å². The van der Waals surface area contributed by atoms with E-state index >= 15 is 0 Å². The Morgan fingerprint density at radius 1 is 1.33 bits per heavy atom. The van der Waals surface area contributed by atoms with Crippen LogP contribution in [0.1, 0.15) is 45.9 Å². The average Bonchev–Trinajstić information content (AvgIpc) is 2.95. The molecule has 1 fully saturated rings. The molecule has 1 aliphatic heterocycles. The van der Waals surface area contributed by atoms with Gasteiger partial charge in [-0.25, -0.2) is 0 Å². The van der Waals surface area contributed by atoms with Gasteiger partial charge in [0.25, 0.3) is 0 Å². The van der Waals surface area contributed by atoms with Gasteiger partial charge in [-0.2, -0.15) is 0 Å². The second-order valence-corrected chi connectivity index (χ2v) is 6.96. The molecule has 0 bridgehead atoms. The summed E-state index contributed by atoms with van der Waals surface area (Å²) >= 11 is 0. The average molecular weight is 291 g/mol. The summed E-state index contributed by atoms with van der Waals surface area (Å²) in [7, 11) is 0. The molecule has 0 radical (unpaired) electrons. The van der Waals surface area contributed by atoms with Gasteiger partial charge >= 0.3 is 0 Å². The van der Waals surface area contributed by atoms with E-state index in [-0.39, 0.29) is 0 Å². The minimum Gasteiger partial charge on any atom is -0.315 e. The van der Waals surface area contributed by atoms with Crippen LogP contribution in [-0.2, 0) is 13.1 Å². The Kier molecular flexibility index (Phi) is 4.60. The van der Waals surface area contributed by atoms with E-state index in [2.05, 4.69) is 45.8 Å². The van der Waals surface area contributed by atoms with Crippen molar-refractivity contribution in [1.29, 1.82) is 0 Å². The monoisotopic (exact) mass is 291 g/mol. The van der Waals surface area contributed by atoms with Crippen LogP contribution < -0.4 is 5.32 Å². The Labute approximate surface area is 128 Å². The zero-order valence-electron chi connectivity index (χ0n) is 13.6. The van der Waals surface area contributed by atoms with Crippen LogP contribution in [0.4, 0.5) is 0 Å². The zero-order valence-corrected chi connectivity index (χ0v) is 13.6. The van der Waals surface area contributed by atoms with Gasteiger partial charge in [-0.1, -0.05) is 20.8 Å². The molecule has 1 saturated carbocycles. The lowest BCUT2D eigenvalue weighted by atomic mass is 9.76. The van der Waals surface area contributed by atoms with Crippen LogP contribution >= 0.6 is 0 Å². The van der Waals surface area contributed by atoms with Gasteiger partial charge in [0.15, 0.2) is 0 Å². The van der Waals surface area contributed by atoms with Crippen LogP contribution in [-0.4, -0.2) is 44.8 Å². The lowest BCUT2D eigenvalue weighted by molar-refractivity contribution is 0.0622. The van der Waals surface area contributed by atoms with Crippen molar-refractivity contribution in [2.45, 2.75) is 65.2 Å². The fourth-order valence-electron chi connectivity index (χ4n) is 4.06. The third-order valence-corrected chi connectivity index (χ3v) is 5.40. The van der Waals surface area contributed by atoms with Crippen LogP contribution in [0.5, 0.6) is 0 Å². The van der Waals surface area contributed by atoms with Gasteiger partial charge in [0, 0.05) is 25.2 Å². The molecule has 1 N–H and O–H groups in total. The topological polar surface area (TPSA) is 46.0 Å². The lowest BCUT2D eigenvalue weighted by Gasteiger charge is -2.45. The van der Waals surface area contributed by atoms with Crippen molar-refractivity contribution in [1.82, 2.24) is 25.0 Å². The molecule has 21 heavy (non-hydrogen) atoms. The van der Waals surface area contributed by atoms with E-state index in [1.54, 1.807) is 0 Å². The summed E-state index contributed by atoms with van der Waals surface area (Å²) in [6.45, 7) is 11.2. The van der Waals surface area contributed by atoms with Gasteiger partial charge in [-0.15, -0.1) is 10.2 Å². The lowest BCUT2D eigenvalue weighted by Crippen LogP contribution is -2.55. The molecule has 2 aliphatic rings. The summed E-state index contributed by atoms with van der Waals surface area (Å²) in [4.78, 5) is 2.64. The molecule has 0 spiro atoms. The molecule has 1 aromatic rings. The Balaban J connectivity index is 1.73. The van der Waals surface area contributed by atoms with E-state index in [1.165, 1.54) is 19.3 Å². The van der Waals surface area contributed by atoms with Crippen LogP contribution in [0.3, 0.4) is 0 Å². The maximum atomic E-state index is 4.28. The summed E-state index contributed by atoms with van der Waals surface area (Å²) in [5.74, 6) is 2.79. The maximum Gasteiger partial charge on any atom is 0.147 e. The molecule has 1 aliphatic carbocycles. The first kappa shape index (κ1) is 15.0. The van der Waals surface area contributed by atoms with Crippen molar-refractivity contribution in [3.05, 3.63) is 12.2 Å². The van der Waals surface area contributed by atoms with Gasteiger partial charge in [-0.05, 0) is 37.6 Å². The number of aromatic nitrogens is 3. The normalized spacial score (nSPS) is 30.6. The molecule has 118 valence electrons. The van der Waals surface area contributed by atoms with Gasteiger partial charge in [0.05, 0.1) is 6.54 Å². The minimum atomic E-state index is 0.638. The molecule has 5 heteroatoms. The Bertz CT molecular complexity index is 455. The summed E-state index contributed by atoms with van der Waals surface area (Å²) in [6.07, 6.45) is 5.87. The molecular formula is C16H29N5. The van der Waals surface area contributed by atoms with Crippen LogP contribution in [0.25, 0.3) is 0 Å². The predicted molar refractivity (Wildman–Crippen MR) is 83.9 cm³/mol. The number of hydrogen-bond donors (Lipinski definition) is 1. The molecule has 3 unspecified atom stereocenters. The van der Waals surface area contributed by atoms with E-state index in [1.807, 2.05) is 6.33 Å². The predicted octanol–water partition coefficient (Wildman–Crippen LogP) is 1.90. The van der Waals surface area contributed by atoms with Crippen molar-refractivity contribution < 1.29 is 0 Å². The molecule has 2 heterocycles. The Morgan fingerprint density at radius 3 is 2.95 bits per heavy atom. The third-order valence-electron chi connectivity index (χ3n) is 5.40. The first-order chi connectivity index (χ1) is 10.2. The quantitative estimate of drug-likeness (QED) is 0.920. The van der Waals surface area contributed by atoms with E-state index in [0.717, 1.165) is 43.8 Å². The minimum absolute atomic E-state index is 0.638. The Morgan fingerprint density at radius 2 is 2.19 bits per heavy atom. The van der Waals surface area contributed by atoms with Gasteiger partial charge in [0.2, 0.25) is 0 Å². The van der Waals surface area contributed by atoms with Crippen molar-refractivity contribution >= 4 is 0 Å². The van der Waals surface area contributed by atoms with Gasteiger partial charge in [-0.3, -0.25) is 4.90 Å². The van der Waals surface area contributed by atoms with Gasteiger partial charge in [0.1, 0.15) is 12.2 Å². The highest BCUT2D eigenvalue weighted by Crippen LogP contribution is 2.34. The van der Waals surface area contributed by atoms with Crippen molar-refractivity contribution in [2.24, 2.45) is 11.8 Å². The molecule has 0 amide bonds. The van der Waals surface area contributed by atoms with E-state index < -0.39 is 0 Å².